The molecular weight excluding hydrogens is 220 g/mol. The molecule has 6 heteroatoms. The minimum Gasteiger partial charge on any atom is -0.336 e. The van der Waals surface area contributed by atoms with Crippen molar-refractivity contribution in [1.29, 1.82) is 0 Å². The highest BCUT2D eigenvalue weighted by atomic mass is 16.7. The van der Waals surface area contributed by atoms with E-state index in [1.807, 2.05) is 20.0 Å². The Balaban J connectivity index is 2.23. The summed E-state index contributed by atoms with van der Waals surface area (Å²) >= 11 is 0. The number of rotatable bonds is 6. The number of carbonyl (C=O) groups is 1. The molecule has 2 N–H and O–H groups in total. The van der Waals surface area contributed by atoms with Crippen LogP contribution in [0.2, 0.25) is 0 Å². The molecule has 0 radical (unpaired) electrons. The first-order valence-electron chi connectivity index (χ1n) is 5.76. The lowest BCUT2D eigenvalue weighted by molar-refractivity contribution is 0.0703. The Kier molecular flexibility index (Phi) is 5.48. The van der Waals surface area contributed by atoms with Crippen LogP contribution < -0.4 is 10.8 Å². The molecule has 2 amide bonds. The lowest BCUT2D eigenvalue weighted by Gasteiger charge is -2.14. The van der Waals surface area contributed by atoms with Gasteiger partial charge in [-0.2, -0.15) is 0 Å². The average molecular weight is 240 g/mol. The second-order valence-electron chi connectivity index (χ2n) is 3.98. The van der Waals surface area contributed by atoms with Gasteiger partial charge in [-0.1, -0.05) is 6.92 Å². The van der Waals surface area contributed by atoms with Crippen molar-refractivity contribution in [3.63, 3.8) is 0 Å². The average Bonchev–Trinajstić information content (AvgIpc) is 2.69. The summed E-state index contributed by atoms with van der Waals surface area (Å²) in [5, 5.41) is 2.74. The van der Waals surface area contributed by atoms with Crippen LogP contribution in [0.3, 0.4) is 0 Å². The van der Waals surface area contributed by atoms with E-state index in [1.54, 1.807) is 6.20 Å². The monoisotopic (exact) mass is 240 g/mol. The van der Waals surface area contributed by atoms with Crippen LogP contribution in [0.5, 0.6) is 0 Å². The Morgan fingerprint density at radius 1 is 1.65 bits per heavy atom. The molecule has 1 heterocycles. The van der Waals surface area contributed by atoms with Gasteiger partial charge in [-0.25, -0.2) is 15.3 Å². The molecule has 1 unspecified atom stereocenters. The number of amides is 2. The van der Waals surface area contributed by atoms with Gasteiger partial charge in [0.25, 0.3) is 0 Å². The fourth-order valence-corrected chi connectivity index (χ4v) is 1.44. The second-order valence-corrected chi connectivity index (χ2v) is 3.98. The molecular formula is C11H20N4O2. The Morgan fingerprint density at radius 2 is 2.41 bits per heavy atom. The van der Waals surface area contributed by atoms with E-state index in [0.29, 0.717) is 19.1 Å². The molecule has 6 nitrogen and oxygen atoms in total. The molecule has 0 saturated heterocycles. The van der Waals surface area contributed by atoms with Gasteiger partial charge in [0, 0.05) is 25.5 Å². The Hall–Kier alpha value is -1.56. The normalized spacial score (nSPS) is 12.2. The standard InChI is InChI=1S/C11H20N4O2/c1-4-17-14-11(16)13-7-9(2)8-15-6-5-12-10(15)3/h5-6,9H,4,7-8H2,1-3H3,(H2,13,14,16). The number of aryl methyl sites for hydroxylation is 1. The minimum absolute atomic E-state index is 0.305. The number of imidazole rings is 1. The Labute approximate surface area is 101 Å². The van der Waals surface area contributed by atoms with E-state index in [1.165, 1.54) is 0 Å². The van der Waals surface area contributed by atoms with Gasteiger partial charge in [0.15, 0.2) is 0 Å². The first kappa shape index (κ1) is 13.5. The van der Waals surface area contributed by atoms with E-state index in [-0.39, 0.29) is 6.03 Å². The van der Waals surface area contributed by atoms with Crippen LogP contribution in [0.15, 0.2) is 12.4 Å². The van der Waals surface area contributed by atoms with Gasteiger partial charge in [0.05, 0.1) is 6.61 Å². The maximum atomic E-state index is 11.2. The summed E-state index contributed by atoms with van der Waals surface area (Å²) in [6.45, 7) is 7.72. The minimum atomic E-state index is -0.305. The summed E-state index contributed by atoms with van der Waals surface area (Å²) in [7, 11) is 0. The molecule has 0 aromatic carbocycles. The summed E-state index contributed by atoms with van der Waals surface area (Å²) in [5.41, 5.74) is 2.29. The van der Waals surface area contributed by atoms with Crippen LogP contribution in [0.4, 0.5) is 4.79 Å². The third-order valence-electron chi connectivity index (χ3n) is 2.35. The molecule has 17 heavy (non-hydrogen) atoms. The molecule has 1 atom stereocenters. The number of urea groups is 1. The predicted octanol–water partition coefficient (Wildman–Crippen LogP) is 1.08. The largest absolute Gasteiger partial charge is 0.338 e. The van der Waals surface area contributed by atoms with Crippen molar-refractivity contribution in [2.75, 3.05) is 13.2 Å². The number of nitrogens with one attached hydrogen (secondary N) is 2. The lowest BCUT2D eigenvalue weighted by Crippen LogP contribution is -2.38. The molecule has 0 fully saturated rings. The molecule has 96 valence electrons. The second kappa shape index (κ2) is 6.90. The molecule has 1 rings (SSSR count). The topological polar surface area (TPSA) is 68.2 Å². The van der Waals surface area contributed by atoms with E-state index >= 15 is 0 Å². The number of hydroxylamine groups is 1. The van der Waals surface area contributed by atoms with Gasteiger partial charge >= 0.3 is 6.03 Å². The fraction of sp³-hybridized carbons (Fsp3) is 0.636. The highest BCUT2D eigenvalue weighted by Crippen LogP contribution is 2.02. The van der Waals surface area contributed by atoms with Crippen molar-refractivity contribution in [2.45, 2.75) is 27.3 Å². The summed E-state index contributed by atoms with van der Waals surface area (Å²) in [6, 6.07) is -0.305. The molecule has 0 saturated carbocycles. The maximum Gasteiger partial charge on any atom is 0.338 e. The van der Waals surface area contributed by atoms with Gasteiger partial charge in [0.1, 0.15) is 5.82 Å². The molecule has 0 aliphatic heterocycles. The molecule has 0 spiro atoms. The van der Waals surface area contributed by atoms with Crippen LogP contribution in [-0.2, 0) is 11.4 Å². The summed E-state index contributed by atoms with van der Waals surface area (Å²) in [4.78, 5) is 20.1. The maximum absolute atomic E-state index is 11.2. The molecule has 0 aliphatic carbocycles. The summed E-state index contributed by atoms with van der Waals surface area (Å²) in [5.74, 6) is 1.31. The van der Waals surface area contributed by atoms with Crippen molar-refractivity contribution >= 4 is 6.03 Å². The van der Waals surface area contributed by atoms with Gasteiger partial charge in [-0.15, -0.1) is 0 Å². The van der Waals surface area contributed by atoms with Gasteiger partial charge < -0.3 is 9.88 Å². The van der Waals surface area contributed by atoms with Gasteiger partial charge in [-0.05, 0) is 19.8 Å². The van der Waals surface area contributed by atoms with Gasteiger partial charge in [-0.3, -0.25) is 4.84 Å². The van der Waals surface area contributed by atoms with Gasteiger partial charge in [0.2, 0.25) is 0 Å². The quantitative estimate of drug-likeness (QED) is 0.731. The zero-order valence-electron chi connectivity index (χ0n) is 10.6. The molecule has 0 aliphatic rings. The van der Waals surface area contributed by atoms with Crippen molar-refractivity contribution in [1.82, 2.24) is 20.3 Å². The number of aromatic nitrogens is 2. The van der Waals surface area contributed by atoms with Crippen molar-refractivity contribution in [3.8, 4) is 0 Å². The van der Waals surface area contributed by atoms with E-state index in [0.717, 1.165) is 12.4 Å². The zero-order chi connectivity index (χ0) is 12.7. The smallest absolute Gasteiger partial charge is 0.336 e. The van der Waals surface area contributed by atoms with Crippen LogP contribution >= 0.6 is 0 Å². The van der Waals surface area contributed by atoms with Crippen LogP contribution in [0.25, 0.3) is 0 Å². The zero-order valence-corrected chi connectivity index (χ0v) is 10.6. The van der Waals surface area contributed by atoms with Crippen LogP contribution in [-0.4, -0.2) is 28.7 Å². The third kappa shape index (κ3) is 4.86. The number of carbonyl (C=O) groups excluding carboxylic acids is 1. The van der Waals surface area contributed by atoms with E-state index in [4.69, 9.17) is 4.84 Å². The number of hydrogen-bond acceptors (Lipinski definition) is 3. The van der Waals surface area contributed by atoms with E-state index in [2.05, 4.69) is 27.3 Å². The molecule has 0 bridgehead atoms. The van der Waals surface area contributed by atoms with E-state index in [9.17, 15) is 4.79 Å². The molecule has 1 aromatic heterocycles. The fourth-order valence-electron chi connectivity index (χ4n) is 1.44. The van der Waals surface area contributed by atoms with Crippen molar-refractivity contribution in [2.24, 2.45) is 5.92 Å². The number of hydrogen-bond donors (Lipinski definition) is 2. The SMILES string of the molecule is CCONC(=O)NCC(C)Cn1ccnc1C. The Morgan fingerprint density at radius 3 is 3.00 bits per heavy atom. The predicted molar refractivity (Wildman–Crippen MR) is 64.3 cm³/mol. The summed E-state index contributed by atoms with van der Waals surface area (Å²) < 4.78 is 2.06. The van der Waals surface area contributed by atoms with Crippen LogP contribution in [0.1, 0.15) is 19.7 Å². The summed E-state index contributed by atoms with van der Waals surface area (Å²) in [6.07, 6.45) is 3.71. The third-order valence-corrected chi connectivity index (χ3v) is 2.35. The highest BCUT2D eigenvalue weighted by molar-refractivity contribution is 5.72. The van der Waals surface area contributed by atoms with E-state index < -0.39 is 0 Å². The number of nitrogens with zero attached hydrogens (tertiary/aromatic N) is 2. The lowest BCUT2D eigenvalue weighted by atomic mass is 10.2. The van der Waals surface area contributed by atoms with Crippen LogP contribution in [0, 0.1) is 12.8 Å². The highest BCUT2D eigenvalue weighted by Gasteiger charge is 2.07. The molecule has 1 aromatic rings. The first-order chi connectivity index (χ1) is 8.13. The Bertz CT molecular complexity index is 351. The van der Waals surface area contributed by atoms with Crippen molar-refractivity contribution in [3.05, 3.63) is 18.2 Å². The van der Waals surface area contributed by atoms with Crippen molar-refractivity contribution < 1.29 is 9.63 Å². The first-order valence-corrected chi connectivity index (χ1v) is 5.76.